The first-order valence-electron chi connectivity index (χ1n) is 13.3. The summed E-state index contributed by atoms with van der Waals surface area (Å²) in [6.45, 7) is 4.12. The summed E-state index contributed by atoms with van der Waals surface area (Å²) in [6, 6.07) is 32.2. The molecule has 40 heavy (non-hydrogen) atoms. The van der Waals surface area contributed by atoms with Crippen LogP contribution >= 0.6 is 22.7 Å². The van der Waals surface area contributed by atoms with Crippen molar-refractivity contribution >= 4 is 74.4 Å². The molecule has 0 radical (unpaired) electrons. The molecule has 7 rings (SSSR count). The van der Waals surface area contributed by atoms with Gasteiger partial charge in [0, 0.05) is 71.2 Å². The molecule has 0 fully saturated rings. The van der Waals surface area contributed by atoms with Gasteiger partial charge < -0.3 is 10.3 Å². The highest BCUT2D eigenvalue weighted by atomic mass is 32.1. The summed E-state index contributed by atoms with van der Waals surface area (Å²) >= 11 is 3.64. The zero-order valence-electron chi connectivity index (χ0n) is 22.6. The van der Waals surface area contributed by atoms with Gasteiger partial charge in [-0.15, -0.1) is 22.7 Å². The van der Waals surface area contributed by atoms with E-state index in [1.807, 2.05) is 58.9 Å². The molecule has 4 aromatic carbocycles. The van der Waals surface area contributed by atoms with Gasteiger partial charge in [0.2, 0.25) is 0 Å². The summed E-state index contributed by atoms with van der Waals surface area (Å²) in [5, 5.41) is 18.9. The summed E-state index contributed by atoms with van der Waals surface area (Å²) in [4.78, 5) is 2.08. The topological polar surface area (TPSA) is 44.9 Å². The Morgan fingerprint density at radius 2 is 1.38 bits per heavy atom. The third-order valence-corrected chi connectivity index (χ3v) is 10.1. The van der Waals surface area contributed by atoms with E-state index in [1.54, 1.807) is 0 Å². The maximum Gasteiger partial charge on any atom is 0.0744 e. The van der Waals surface area contributed by atoms with Crippen molar-refractivity contribution in [1.29, 1.82) is 5.41 Å². The molecule has 0 saturated carbocycles. The lowest BCUT2D eigenvalue weighted by Crippen LogP contribution is -2.28. The van der Waals surface area contributed by atoms with Crippen LogP contribution in [0.2, 0.25) is 0 Å². The van der Waals surface area contributed by atoms with Crippen LogP contribution in [0.1, 0.15) is 19.5 Å². The minimum atomic E-state index is -0.546. The number of hydrogen-bond donors (Lipinski definition) is 1. The van der Waals surface area contributed by atoms with E-state index in [1.165, 1.54) is 40.3 Å². The van der Waals surface area contributed by atoms with Crippen LogP contribution in [0.4, 0.5) is 5.69 Å². The molecule has 0 aliphatic heterocycles. The summed E-state index contributed by atoms with van der Waals surface area (Å²) in [5.74, 6) is 0. The SMILES string of the molecule is CN(/C=C\C(=N)C(C)(C)c1ccn(-c2ccc3sc4ccccc4c3c2)n1)c1ccc2sc3ccccc3c2c1. The maximum absolute atomic E-state index is 8.93. The molecule has 3 heterocycles. The molecule has 3 aromatic heterocycles. The van der Waals surface area contributed by atoms with Crippen LogP contribution in [-0.4, -0.2) is 22.5 Å². The van der Waals surface area contributed by atoms with Crippen LogP contribution in [0.25, 0.3) is 46.0 Å². The summed E-state index contributed by atoms with van der Waals surface area (Å²) in [7, 11) is 2.03. The minimum Gasteiger partial charge on any atom is -0.351 e. The van der Waals surface area contributed by atoms with Crippen molar-refractivity contribution in [3.05, 3.63) is 115 Å². The Kier molecular flexibility index (Phi) is 5.84. The summed E-state index contributed by atoms with van der Waals surface area (Å²) in [6.07, 6.45) is 5.86. The Bertz CT molecular complexity index is 2090. The molecule has 0 aliphatic rings. The van der Waals surface area contributed by atoms with Crippen LogP contribution in [0.15, 0.2) is 109 Å². The highest BCUT2D eigenvalue weighted by Gasteiger charge is 2.27. The number of nitrogens with zero attached hydrogens (tertiary/aromatic N) is 3. The highest BCUT2D eigenvalue weighted by Crippen LogP contribution is 2.37. The smallest absolute Gasteiger partial charge is 0.0744 e. The molecule has 0 aliphatic carbocycles. The normalized spacial score (nSPS) is 12.4. The molecule has 0 saturated heterocycles. The lowest BCUT2D eigenvalue weighted by Gasteiger charge is -2.22. The molecule has 1 N–H and O–H groups in total. The van der Waals surface area contributed by atoms with Gasteiger partial charge in [-0.3, -0.25) is 0 Å². The predicted octanol–water partition coefficient (Wildman–Crippen LogP) is 9.56. The third-order valence-electron chi connectivity index (χ3n) is 7.76. The fourth-order valence-corrected chi connectivity index (χ4v) is 7.38. The minimum absolute atomic E-state index is 0.506. The van der Waals surface area contributed by atoms with E-state index in [0.29, 0.717) is 5.71 Å². The number of nitrogens with one attached hydrogen (secondary N) is 1. The third kappa shape index (κ3) is 4.12. The van der Waals surface area contributed by atoms with E-state index in [0.717, 1.165) is 17.1 Å². The van der Waals surface area contributed by atoms with E-state index >= 15 is 0 Å². The zero-order chi connectivity index (χ0) is 27.4. The second-order valence-corrected chi connectivity index (χ2v) is 12.8. The van der Waals surface area contributed by atoms with Crippen molar-refractivity contribution in [3.8, 4) is 5.69 Å². The molecule has 0 unspecified atom stereocenters. The number of rotatable bonds is 6. The van der Waals surface area contributed by atoms with E-state index in [4.69, 9.17) is 10.5 Å². The van der Waals surface area contributed by atoms with Crippen LogP contribution in [0, 0.1) is 5.41 Å². The lowest BCUT2D eigenvalue weighted by molar-refractivity contribution is 0.667. The van der Waals surface area contributed by atoms with Gasteiger partial charge in [-0.05, 0) is 74.5 Å². The first-order valence-corrected chi connectivity index (χ1v) is 14.9. The van der Waals surface area contributed by atoms with E-state index in [-0.39, 0.29) is 0 Å². The largest absolute Gasteiger partial charge is 0.351 e. The summed E-state index contributed by atoms with van der Waals surface area (Å²) in [5.41, 5.74) is 2.95. The van der Waals surface area contributed by atoms with Gasteiger partial charge in [0.1, 0.15) is 0 Å². The molecule has 0 amide bonds. The molecule has 196 valence electrons. The zero-order valence-corrected chi connectivity index (χ0v) is 24.2. The lowest BCUT2D eigenvalue weighted by atomic mass is 9.84. The van der Waals surface area contributed by atoms with Crippen molar-refractivity contribution in [3.63, 3.8) is 0 Å². The van der Waals surface area contributed by atoms with Crippen LogP contribution in [0.3, 0.4) is 0 Å². The number of hydrogen-bond acceptors (Lipinski definition) is 5. The number of allylic oxidation sites excluding steroid dienone is 1. The molecule has 4 nitrogen and oxygen atoms in total. The fourth-order valence-electron chi connectivity index (χ4n) is 5.21. The van der Waals surface area contributed by atoms with Crippen molar-refractivity contribution in [2.75, 3.05) is 11.9 Å². The quantitative estimate of drug-likeness (QED) is 0.207. The van der Waals surface area contributed by atoms with Crippen LogP contribution in [-0.2, 0) is 5.41 Å². The second-order valence-electron chi connectivity index (χ2n) is 10.7. The average molecular weight is 557 g/mol. The first-order chi connectivity index (χ1) is 19.4. The monoisotopic (exact) mass is 556 g/mol. The number of benzene rings is 4. The Hall–Kier alpha value is -4.26. The van der Waals surface area contributed by atoms with Gasteiger partial charge >= 0.3 is 0 Å². The Labute approximate surface area is 240 Å². The van der Waals surface area contributed by atoms with Crippen molar-refractivity contribution < 1.29 is 0 Å². The van der Waals surface area contributed by atoms with Crippen molar-refractivity contribution in [2.24, 2.45) is 0 Å². The number of anilines is 1. The first kappa shape index (κ1) is 24.8. The van der Waals surface area contributed by atoms with E-state index in [2.05, 4.69) is 104 Å². The van der Waals surface area contributed by atoms with Crippen molar-refractivity contribution in [1.82, 2.24) is 9.78 Å². The molecule has 6 heteroatoms. The van der Waals surface area contributed by atoms with Gasteiger partial charge in [0.25, 0.3) is 0 Å². The summed E-state index contributed by atoms with van der Waals surface area (Å²) < 4.78 is 7.09. The Balaban J connectivity index is 1.13. The molecule has 7 aromatic rings. The van der Waals surface area contributed by atoms with E-state index < -0.39 is 5.41 Å². The number of aromatic nitrogens is 2. The van der Waals surface area contributed by atoms with E-state index in [9.17, 15) is 0 Å². The molecular weight excluding hydrogens is 529 g/mol. The van der Waals surface area contributed by atoms with Gasteiger partial charge in [-0.1, -0.05) is 36.4 Å². The van der Waals surface area contributed by atoms with Gasteiger partial charge in [0.15, 0.2) is 0 Å². The van der Waals surface area contributed by atoms with Crippen molar-refractivity contribution in [2.45, 2.75) is 19.3 Å². The molecular formula is C34H28N4S2. The van der Waals surface area contributed by atoms with Crippen LogP contribution < -0.4 is 4.90 Å². The second kappa shape index (κ2) is 9.44. The van der Waals surface area contributed by atoms with Gasteiger partial charge in [0.05, 0.1) is 16.8 Å². The highest BCUT2D eigenvalue weighted by molar-refractivity contribution is 7.26. The van der Waals surface area contributed by atoms with Crippen LogP contribution in [0.5, 0.6) is 0 Å². The fraction of sp³-hybridized carbons (Fsp3) is 0.118. The molecule has 0 bridgehead atoms. The van der Waals surface area contributed by atoms with Gasteiger partial charge in [-0.2, -0.15) is 5.10 Å². The predicted molar refractivity (Wildman–Crippen MR) is 174 cm³/mol. The Morgan fingerprint density at radius 1 is 0.775 bits per heavy atom. The maximum atomic E-state index is 8.93. The Morgan fingerprint density at radius 3 is 2.08 bits per heavy atom. The standard InChI is InChI=1S/C34H28N4S2/c1-34(2,32(35)16-18-37(3)22-12-14-30-26(20-22)24-8-4-6-10-28(24)39-30)33-17-19-38(36-33)23-13-15-31-27(21-23)25-9-5-7-11-29(25)40-31/h4-21,35H,1-3H3/b18-16-,35-32?. The number of fused-ring (bicyclic) bond motifs is 6. The molecule has 0 spiro atoms. The number of thiophene rings is 2. The van der Waals surface area contributed by atoms with Gasteiger partial charge in [-0.25, -0.2) is 4.68 Å². The average Bonchev–Trinajstić information content (AvgIpc) is 3.70. The molecule has 0 atom stereocenters.